The summed E-state index contributed by atoms with van der Waals surface area (Å²) in [5, 5.41) is 8.89. The van der Waals surface area contributed by atoms with Crippen LogP contribution in [-0.2, 0) is 11.9 Å². The molecule has 0 unspecified atom stereocenters. The number of benzene rings is 2. The number of hydrogen-bond donors (Lipinski definition) is 1. The van der Waals surface area contributed by atoms with Gasteiger partial charge in [-0.3, -0.25) is 0 Å². The molecule has 2 nitrogen and oxygen atoms in total. The van der Waals surface area contributed by atoms with Crippen molar-refractivity contribution in [2.24, 2.45) is 0 Å². The van der Waals surface area contributed by atoms with E-state index >= 15 is 0 Å². The predicted octanol–water partition coefficient (Wildman–Crippen LogP) is 4.70. The van der Waals surface area contributed by atoms with Crippen molar-refractivity contribution in [3.8, 4) is 0 Å². The van der Waals surface area contributed by atoms with Crippen LogP contribution >= 0.6 is 11.8 Å². The Hall–Kier alpha value is -1.95. The van der Waals surface area contributed by atoms with Crippen LogP contribution in [0.3, 0.4) is 0 Å². The highest BCUT2D eigenvalue weighted by Gasteiger charge is 2.30. The third-order valence-electron chi connectivity index (χ3n) is 2.74. The molecule has 0 radical (unpaired) electrons. The predicted molar refractivity (Wildman–Crippen MR) is 74.4 cm³/mol. The fraction of sp³-hybridized carbons (Fsp3) is 0.133. The van der Waals surface area contributed by atoms with Gasteiger partial charge in [0.15, 0.2) is 0 Å². The number of hydrogen-bond acceptors (Lipinski definition) is 2. The smallest absolute Gasteiger partial charge is 0.416 e. The van der Waals surface area contributed by atoms with Crippen LogP contribution in [0.4, 0.5) is 13.2 Å². The van der Waals surface area contributed by atoms with Crippen molar-refractivity contribution in [3.63, 3.8) is 0 Å². The number of carboxylic acid groups (broad SMARTS) is 1. The number of thioether (sulfide) groups is 1. The minimum absolute atomic E-state index is 0.157. The number of halogens is 3. The lowest BCUT2D eigenvalue weighted by molar-refractivity contribution is -0.137. The van der Waals surface area contributed by atoms with Crippen LogP contribution in [0.5, 0.6) is 0 Å². The van der Waals surface area contributed by atoms with Crippen molar-refractivity contribution >= 4 is 17.7 Å². The maximum Gasteiger partial charge on any atom is 0.416 e. The van der Waals surface area contributed by atoms with Crippen LogP contribution in [0.25, 0.3) is 0 Å². The fourth-order valence-electron chi connectivity index (χ4n) is 1.72. The molecule has 0 heterocycles. The van der Waals surface area contributed by atoms with Gasteiger partial charge >= 0.3 is 12.1 Å². The Morgan fingerprint density at radius 2 is 1.81 bits per heavy atom. The molecule has 0 atom stereocenters. The molecule has 1 N–H and O–H groups in total. The van der Waals surface area contributed by atoms with Gasteiger partial charge in [-0.15, -0.1) is 11.8 Å². The van der Waals surface area contributed by atoms with Crippen LogP contribution in [0.1, 0.15) is 21.5 Å². The molecule has 0 aliphatic carbocycles. The summed E-state index contributed by atoms with van der Waals surface area (Å²) in [4.78, 5) is 11.5. The summed E-state index contributed by atoms with van der Waals surface area (Å²) in [7, 11) is 0. The van der Waals surface area contributed by atoms with E-state index in [4.69, 9.17) is 5.11 Å². The van der Waals surface area contributed by atoms with Gasteiger partial charge in [0.1, 0.15) is 0 Å². The zero-order valence-electron chi connectivity index (χ0n) is 10.7. The number of carboxylic acids is 1. The van der Waals surface area contributed by atoms with E-state index < -0.39 is 17.7 Å². The molecule has 110 valence electrons. The summed E-state index contributed by atoms with van der Waals surface area (Å²) in [6.07, 6.45) is -4.36. The molecule has 0 aliphatic rings. The summed E-state index contributed by atoms with van der Waals surface area (Å²) in [6, 6.07) is 11.4. The summed E-state index contributed by atoms with van der Waals surface area (Å²) in [6.45, 7) is 0. The first kappa shape index (κ1) is 15.4. The third kappa shape index (κ3) is 4.26. The summed E-state index contributed by atoms with van der Waals surface area (Å²) in [5.41, 5.74) is 0.0134. The highest BCUT2D eigenvalue weighted by atomic mass is 32.2. The molecule has 0 saturated heterocycles. The first-order valence-corrected chi connectivity index (χ1v) is 6.97. The van der Waals surface area contributed by atoms with Crippen molar-refractivity contribution in [1.82, 2.24) is 0 Å². The Labute approximate surface area is 123 Å². The second-order valence-electron chi connectivity index (χ2n) is 4.32. The van der Waals surface area contributed by atoms with Crippen molar-refractivity contribution < 1.29 is 23.1 Å². The van der Waals surface area contributed by atoms with E-state index in [1.54, 1.807) is 18.2 Å². The lowest BCUT2D eigenvalue weighted by atomic mass is 10.1. The van der Waals surface area contributed by atoms with E-state index in [0.29, 0.717) is 16.2 Å². The number of carbonyl (C=O) groups is 1. The third-order valence-corrected chi connectivity index (χ3v) is 3.81. The zero-order chi connectivity index (χ0) is 15.5. The van der Waals surface area contributed by atoms with E-state index in [-0.39, 0.29) is 5.56 Å². The number of aromatic carboxylic acids is 1. The molecule has 2 aromatic carbocycles. The van der Waals surface area contributed by atoms with E-state index in [0.717, 1.165) is 12.1 Å². The number of alkyl halides is 3. The second-order valence-corrected chi connectivity index (χ2v) is 5.37. The van der Waals surface area contributed by atoms with Gasteiger partial charge in [0, 0.05) is 10.6 Å². The molecule has 0 saturated carbocycles. The van der Waals surface area contributed by atoms with Crippen LogP contribution in [-0.4, -0.2) is 11.1 Å². The maximum atomic E-state index is 12.6. The SMILES string of the molecule is O=C(O)c1cccc(SCc2cccc(C(F)(F)F)c2)c1. The first-order valence-electron chi connectivity index (χ1n) is 5.98. The molecule has 0 spiro atoms. The van der Waals surface area contributed by atoms with Crippen LogP contribution in [0, 0.1) is 0 Å². The molecule has 0 amide bonds. The lowest BCUT2D eigenvalue weighted by Crippen LogP contribution is -2.04. The molecule has 2 aromatic rings. The van der Waals surface area contributed by atoms with Crippen molar-refractivity contribution in [3.05, 3.63) is 65.2 Å². The maximum absolute atomic E-state index is 12.6. The largest absolute Gasteiger partial charge is 0.478 e. The van der Waals surface area contributed by atoms with E-state index in [1.807, 2.05) is 0 Å². The Morgan fingerprint density at radius 3 is 2.48 bits per heavy atom. The Morgan fingerprint density at radius 1 is 1.10 bits per heavy atom. The van der Waals surface area contributed by atoms with Crippen molar-refractivity contribution in [2.75, 3.05) is 0 Å². The van der Waals surface area contributed by atoms with Gasteiger partial charge in [0.25, 0.3) is 0 Å². The highest BCUT2D eigenvalue weighted by Crippen LogP contribution is 2.31. The zero-order valence-corrected chi connectivity index (χ0v) is 11.5. The van der Waals surface area contributed by atoms with Gasteiger partial charge < -0.3 is 5.11 Å². The molecule has 0 aliphatic heterocycles. The minimum atomic E-state index is -4.36. The van der Waals surface area contributed by atoms with Gasteiger partial charge in [-0.1, -0.05) is 24.3 Å². The van der Waals surface area contributed by atoms with Crippen LogP contribution < -0.4 is 0 Å². The second kappa shape index (κ2) is 6.22. The quantitative estimate of drug-likeness (QED) is 0.832. The normalized spacial score (nSPS) is 11.4. The minimum Gasteiger partial charge on any atom is -0.478 e. The molecule has 0 aromatic heterocycles. The summed E-state index contributed by atoms with van der Waals surface area (Å²) < 4.78 is 37.8. The lowest BCUT2D eigenvalue weighted by Gasteiger charge is -2.08. The standard InChI is InChI=1S/C15H11F3O2S/c16-15(17,18)12-5-1-3-10(7-12)9-21-13-6-2-4-11(8-13)14(19)20/h1-8H,9H2,(H,19,20). The molecular weight excluding hydrogens is 301 g/mol. The van der Waals surface area contributed by atoms with Crippen molar-refractivity contribution in [2.45, 2.75) is 16.8 Å². The van der Waals surface area contributed by atoms with Crippen LogP contribution in [0.15, 0.2) is 53.4 Å². The summed E-state index contributed by atoms with van der Waals surface area (Å²) >= 11 is 1.29. The first-order chi connectivity index (χ1) is 9.86. The highest BCUT2D eigenvalue weighted by molar-refractivity contribution is 7.98. The van der Waals surface area contributed by atoms with E-state index in [9.17, 15) is 18.0 Å². The Balaban J connectivity index is 2.10. The average molecular weight is 312 g/mol. The van der Waals surface area contributed by atoms with E-state index in [1.165, 1.54) is 30.0 Å². The molecule has 0 bridgehead atoms. The topological polar surface area (TPSA) is 37.3 Å². The fourth-order valence-corrected chi connectivity index (χ4v) is 2.62. The van der Waals surface area contributed by atoms with E-state index in [2.05, 4.69) is 0 Å². The van der Waals surface area contributed by atoms with Crippen molar-refractivity contribution in [1.29, 1.82) is 0 Å². The van der Waals surface area contributed by atoms with Gasteiger partial charge in [-0.25, -0.2) is 4.79 Å². The Bertz CT molecular complexity index is 653. The average Bonchev–Trinajstić information content (AvgIpc) is 2.45. The number of rotatable bonds is 4. The molecule has 0 fully saturated rings. The van der Waals surface area contributed by atoms with Gasteiger partial charge in [0.2, 0.25) is 0 Å². The Kier molecular flexibility index (Phi) is 4.57. The molecule has 6 heteroatoms. The van der Waals surface area contributed by atoms with Crippen LogP contribution in [0.2, 0.25) is 0 Å². The molecule has 21 heavy (non-hydrogen) atoms. The van der Waals surface area contributed by atoms with Gasteiger partial charge in [-0.2, -0.15) is 13.2 Å². The van der Waals surface area contributed by atoms with Gasteiger partial charge in [0.05, 0.1) is 11.1 Å². The van der Waals surface area contributed by atoms with Gasteiger partial charge in [-0.05, 0) is 29.8 Å². The molecule has 2 rings (SSSR count). The summed E-state index contributed by atoms with van der Waals surface area (Å²) in [5.74, 6) is -0.691. The monoisotopic (exact) mass is 312 g/mol. The molecular formula is C15H11F3O2S.